The number of thiazole rings is 1. The number of carbonyl (C=O) groups is 1. The van der Waals surface area contributed by atoms with E-state index in [1.54, 1.807) is 11.7 Å². The molecule has 0 saturated carbocycles. The SMILES string of the molecule is O=C(NCc1cncs1)C(Cl)c1ccccc1. The minimum Gasteiger partial charge on any atom is -0.350 e. The van der Waals surface area contributed by atoms with Gasteiger partial charge in [-0.2, -0.15) is 0 Å². The molecule has 0 fully saturated rings. The lowest BCUT2D eigenvalue weighted by Crippen LogP contribution is -2.26. The number of hydrogen-bond donors (Lipinski definition) is 1. The smallest absolute Gasteiger partial charge is 0.242 e. The van der Waals surface area contributed by atoms with Crippen molar-refractivity contribution in [1.29, 1.82) is 0 Å². The van der Waals surface area contributed by atoms with Crippen LogP contribution in [-0.2, 0) is 11.3 Å². The van der Waals surface area contributed by atoms with E-state index in [1.807, 2.05) is 30.3 Å². The van der Waals surface area contributed by atoms with E-state index in [0.717, 1.165) is 10.4 Å². The first-order valence-corrected chi connectivity index (χ1v) is 6.43. The topological polar surface area (TPSA) is 42.0 Å². The van der Waals surface area contributed by atoms with Crippen molar-refractivity contribution in [2.24, 2.45) is 0 Å². The van der Waals surface area contributed by atoms with Crippen molar-refractivity contribution >= 4 is 28.8 Å². The van der Waals surface area contributed by atoms with Crippen molar-refractivity contribution in [2.45, 2.75) is 11.9 Å². The van der Waals surface area contributed by atoms with E-state index in [0.29, 0.717) is 6.54 Å². The molecule has 17 heavy (non-hydrogen) atoms. The largest absolute Gasteiger partial charge is 0.350 e. The lowest BCUT2D eigenvalue weighted by atomic mass is 10.1. The lowest BCUT2D eigenvalue weighted by Gasteiger charge is -2.09. The lowest BCUT2D eigenvalue weighted by molar-refractivity contribution is -0.121. The molecule has 5 heteroatoms. The van der Waals surface area contributed by atoms with Crippen LogP contribution in [0.15, 0.2) is 42.0 Å². The van der Waals surface area contributed by atoms with Gasteiger partial charge in [-0.25, -0.2) is 0 Å². The fourth-order valence-corrected chi connectivity index (χ4v) is 2.12. The fourth-order valence-electron chi connectivity index (χ4n) is 1.37. The van der Waals surface area contributed by atoms with Crippen LogP contribution in [0.2, 0.25) is 0 Å². The van der Waals surface area contributed by atoms with E-state index < -0.39 is 5.38 Å². The summed E-state index contributed by atoms with van der Waals surface area (Å²) in [6.07, 6.45) is 1.73. The summed E-state index contributed by atoms with van der Waals surface area (Å²) in [6, 6.07) is 9.29. The van der Waals surface area contributed by atoms with Crippen molar-refractivity contribution < 1.29 is 4.79 Å². The Bertz CT molecular complexity index is 473. The highest BCUT2D eigenvalue weighted by atomic mass is 35.5. The van der Waals surface area contributed by atoms with Gasteiger partial charge in [-0.15, -0.1) is 22.9 Å². The van der Waals surface area contributed by atoms with Crippen LogP contribution < -0.4 is 5.32 Å². The molecule has 1 aromatic heterocycles. The van der Waals surface area contributed by atoms with E-state index in [1.165, 1.54) is 11.3 Å². The van der Waals surface area contributed by atoms with Crippen LogP contribution in [0.25, 0.3) is 0 Å². The predicted molar refractivity (Wildman–Crippen MR) is 69.0 cm³/mol. The number of alkyl halides is 1. The summed E-state index contributed by atoms with van der Waals surface area (Å²) in [5.41, 5.74) is 2.53. The molecule has 2 rings (SSSR count). The van der Waals surface area contributed by atoms with Crippen molar-refractivity contribution in [3.05, 3.63) is 52.5 Å². The molecule has 2 aromatic rings. The van der Waals surface area contributed by atoms with Crippen LogP contribution in [0.4, 0.5) is 0 Å². The minimum absolute atomic E-state index is 0.189. The predicted octanol–water partition coefficient (Wildman–Crippen LogP) is 2.74. The number of aromatic nitrogens is 1. The van der Waals surface area contributed by atoms with Gasteiger partial charge < -0.3 is 5.32 Å². The van der Waals surface area contributed by atoms with Gasteiger partial charge >= 0.3 is 0 Å². The molecule has 0 saturated heterocycles. The Morgan fingerprint density at radius 3 is 2.82 bits per heavy atom. The molecule has 88 valence electrons. The molecule has 1 heterocycles. The molecule has 0 aliphatic rings. The highest BCUT2D eigenvalue weighted by Crippen LogP contribution is 2.20. The highest BCUT2D eigenvalue weighted by Gasteiger charge is 2.16. The second-order valence-electron chi connectivity index (χ2n) is 3.46. The minimum atomic E-state index is -0.649. The monoisotopic (exact) mass is 266 g/mol. The van der Waals surface area contributed by atoms with Gasteiger partial charge in [-0.05, 0) is 5.56 Å². The number of rotatable bonds is 4. The summed E-state index contributed by atoms with van der Waals surface area (Å²) in [5, 5.41) is 2.13. The molecule has 0 radical (unpaired) electrons. The first-order chi connectivity index (χ1) is 8.27. The maximum absolute atomic E-state index is 11.8. The van der Waals surface area contributed by atoms with E-state index in [9.17, 15) is 4.79 Å². The van der Waals surface area contributed by atoms with Crippen LogP contribution in [0.5, 0.6) is 0 Å². The van der Waals surface area contributed by atoms with Gasteiger partial charge in [0.1, 0.15) is 5.38 Å². The van der Waals surface area contributed by atoms with E-state index >= 15 is 0 Å². The number of nitrogens with zero attached hydrogens (tertiary/aromatic N) is 1. The third kappa shape index (κ3) is 3.28. The summed E-state index contributed by atoms with van der Waals surface area (Å²) in [4.78, 5) is 16.7. The first-order valence-electron chi connectivity index (χ1n) is 5.11. The van der Waals surface area contributed by atoms with Crippen molar-refractivity contribution in [2.75, 3.05) is 0 Å². The summed E-state index contributed by atoms with van der Waals surface area (Å²) in [6.45, 7) is 0.472. The average Bonchev–Trinajstić information content (AvgIpc) is 2.89. The molecule has 3 nitrogen and oxygen atoms in total. The molecule has 1 aromatic carbocycles. The highest BCUT2D eigenvalue weighted by molar-refractivity contribution is 7.09. The summed E-state index contributed by atoms with van der Waals surface area (Å²) in [7, 11) is 0. The second-order valence-corrected chi connectivity index (χ2v) is 4.87. The van der Waals surface area contributed by atoms with Gasteiger partial charge in [0, 0.05) is 11.1 Å². The third-order valence-electron chi connectivity index (χ3n) is 2.24. The zero-order valence-electron chi connectivity index (χ0n) is 8.97. The van der Waals surface area contributed by atoms with Gasteiger partial charge in [0.25, 0.3) is 0 Å². The van der Waals surface area contributed by atoms with Crippen molar-refractivity contribution in [3.8, 4) is 0 Å². The van der Waals surface area contributed by atoms with Crippen LogP contribution in [0.1, 0.15) is 15.8 Å². The normalized spacial score (nSPS) is 12.1. The van der Waals surface area contributed by atoms with Crippen LogP contribution in [0, 0.1) is 0 Å². The van der Waals surface area contributed by atoms with Crippen LogP contribution in [-0.4, -0.2) is 10.9 Å². The fraction of sp³-hybridized carbons (Fsp3) is 0.167. The van der Waals surface area contributed by atoms with E-state index in [4.69, 9.17) is 11.6 Å². The molecular formula is C12H11ClN2OS. The molecule has 1 amide bonds. The summed E-state index contributed by atoms with van der Waals surface area (Å²) in [5.74, 6) is -0.189. The van der Waals surface area contributed by atoms with Gasteiger partial charge in [0.05, 0.1) is 12.1 Å². The van der Waals surface area contributed by atoms with Crippen molar-refractivity contribution in [3.63, 3.8) is 0 Å². The molecule has 0 aliphatic carbocycles. The molecular weight excluding hydrogens is 256 g/mol. The number of nitrogens with one attached hydrogen (secondary N) is 1. The van der Waals surface area contributed by atoms with Crippen LogP contribution in [0.3, 0.4) is 0 Å². The van der Waals surface area contributed by atoms with Crippen molar-refractivity contribution in [1.82, 2.24) is 10.3 Å². The van der Waals surface area contributed by atoms with Gasteiger partial charge in [-0.3, -0.25) is 9.78 Å². The molecule has 0 aliphatic heterocycles. The van der Waals surface area contributed by atoms with E-state index in [2.05, 4.69) is 10.3 Å². The zero-order valence-corrected chi connectivity index (χ0v) is 10.5. The molecule has 1 N–H and O–H groups in total. The molecule has 1 unspecified atom stereocenters. The molecule has 0 bridgehead atoms. The Balaban J connectivity index is 1.92. The zero-order chi connectivity index (χ0) is 12.1. The van der Waals surface area contributed by atoms with E-state index in [-0.39, 0.29) is 5.91 Å². The Kier molecular flexibility index (Phi) is 4.12. The molecule has 1 atom stereocenters. The maximum atomic E-state index is 11.8. The Hall–Kier alpha value is -1.39. The van der Waals surface area contributed by atoms with Gasteiger partial charge in [0.15, 0.2) is 0 Å². The second kappa shape index (κ2) is 5.80. The average molecular weight is 267 g/mol. The number of amides is 1. The Morgan fingerprint density at radius 2 is 2.18 bits per heavy atom. The van der Waals surface area contributed by atoms with Crippen LogP contribution >= 0.6 is 22.9 Å². The number of benzene rings is 1. The standard InChI is InChI=1S/C12H11ClN2OS/c13-11(9-4-2-1-3-5-9)12(16)15-7-10-6-14-8-17-10/h1-6,8,11H,7H2,(H,15,16). The maximum Gasteiger partial charge on any atom is 0.242 e. The quantitative estimate of drug-likeness (QED) is 0.865. The van der Waals surface area contributed by atoms with Gasteiger partial charge in [0.2, 0.25) is 5.91 Å². The summed E-state index contributed by atoms with van der Waals surface area (Å²) < 4.78 is 0. The summed E-state index contributed by atoms with van der Waals surface area (Å²) >= 11 is 7.58. The number of carbonyl (C=O) groups excluding carboxylic acids is 1. The first kappa shape index (κ1) is 12.1. The number of hydrogen-bond acceptors (Lipinski definition) is 3. The third-order valence-corrected chi connectivity index (χ3v) is 3.47. The number of halogens is 1. The Morgan fingerprint density at radius 1 is 1.41 bits per heavy atom. The molecule has 0 spiro atoms. The van der Waals surface area contributed by atoms with Gasteiger partial charge in [-0.1, -0.05) is 30.3 Å². The Labute approximate surface area is 108 Å².